The molecule has 1 saturated heterocycles. The molecule has 0 saturated carbocycles. The number of azide groups is 1. The van der Waals surface area contributed by atoms with Crippen LogP contribution in [0.4, 0.5) is 18.9 Å². The number of rotatable bonds is 4. The van der Waals surface area contributed by atoms with Crippen molar-refractivity contribution in [3.8, 4) is 0 Å². The van der Waals surface area contributed by atoms with E-state index in [1.807, 2.05) is 4.90 Å². The van der Waals surface area contributed by atoms with Crippen molar-refractivity contribution in [3.63, 3.8) is 0 Å². The van der Waals surface area contributed by atoms with Crippen molar-refractivity contribution in [2.75, 3.05) is 32.7 Å². The Labute approximate surface area is 126 Å². The SMILES string of the molecule is CCN1CCN(Cc2ccc(N=[N+]=[N-])cc2C(F)(F)F)CC1. The van der Waals surface area contributed by atoms with Gasteiger partial charge >= 0.3 is 6.18 Å². The molecule has 2 rings (SSSR count). The van der Waals surface area contributed by atoms with E-state index in [1.165, 1.54) is 12.1 Å². The smallest absolute Gasteiger partial charge is 0.301 e. The summed E-state index contributed by atoms with van der Waals surface area (Å²) < 4.78 is 39.5. The molecule has 120 valence electrons. The van der Waals surface area contributed by atoms with E-state index in [0.717, 1.165) is 38.8 Å². The molecule has 0 atom stereocenters. The number of benzene rings is 1. The van der Waals surface area contributed by atoms with Crippen molar-refractivity contribution in [3.05, 3.63) is 39.8 Å². The van der Waals surface area contributed by atoms with Gasteiger partial charge in [-0.15, -0.1) is 0 Å². The van der Waals surface area contributed by atoms with E-state index in [1.54, 1.807) is 0 Å². The van der Waals surface area contributed by atoms with Gasteiger partial charge in [-0.1, -0.05) is 24.2 Å². The summed E-state index contributed by atoms with van der Waals surface area (Å²) in [5, 5.41) is 3.25. The fourth-order valence-electron chi connectivity index (χ4n) is 2.58. The molecule has 1 aromatic rings. The third kappa shape index (κ3) is 4.13. The van der Waals surface area contributed by atoms with Gasteiger partial charge in [0.2, 0.25) is 0 Å². The Bertz CT molecular complexity index is 558. The maximum Gasteiger partial charge on any atom is 0.416 e. The van der Waals surface area contributed by atoms with Gasteiger partial charge in [-0.05, 0) is 23.7 Å². The van der Waals surface area contributed by atoms with Crippen LogP contribution in [0, 0.1) is 0 Å². The zero-order valence-electron chi connectivity index (χ0n) is 12.3. The van der Waals surface area contributed by atoms with E-state index < -0.39 is 11.7 Å². The maximum absolute atomic E-state index is 13.2. The molecule has 1 aliphatic rings. The molecule has 0 bridgehead atoms. The average Bonchev–Trinajstić information content (AvgIpc) is 2.49. The molecule has 1 fully saturated rings. The van der Waals surface area contributed by atoms with Crippen molar-refractivity contribution >= 4 is 5.69 Å². The summed E-state index contributed by atoms with van der Waals surface area (Å²) in [7, 11) is 0. The molecular formula is C14H18F3N5. The predicted octanol–water partition coefficient (Wildman–Crippen LogP) is 3.78. The van der Waals surface area contributed by atoms with Crippen LogP contribution in [-0.4, -0.2) is 42.5 Å². The van der Waals surface area contributed by atoms with Gasteiger partial charge in [0.1, 0.15) is 0 Å². The van der Waals surface area contributed by atoms with Gasteiger partial charge in [-0.3, -0.25) is 4.90 Å². The van der Waals surface area contributed by atoms with Crippen LogP contribution in [0.25, 0.3) is 10.4 Å². The van der Waals surface area contributed by atoms with Crippen molar-refractivity contribution in [2.45, 2.75) is 19.6 Å². The van der Waals surface area contributed by atoms with E-state index in [-0.39, 0.29) is 17.8 Å². The Hall–Kier alpha value is -1.76. The largest absolute Gasteiger partial charge is 0.416 e. The van der Waals surface area contributed by atoms with Gasteiger partial charge in [0.05, 0.1) is 5.56 Å². The minimum atomic E-state index is -4.46. The van der Waals surface area contributed by atoms with Crippen molar-refractivity contribution in [1.29, 1.82) is 0 Å². The Morgan fingerprint density at radius 1 is 1.18 bits per heavy atom. The molecule has 22 heavy (non-hydrogen) atoms. The van der Waals surface area contributed by atoms with Crippen LogP contribution in [0.3, 0.4) is 0 Å². The summed E-state index contributed by atoms with van der Waals surface area (Å²) in [4.78, 5) is 6.82. The number of piperazine rings is 1. The highest BCUT2D eigenvalue weighted by molar-refractivity contribution is 5.45. The molecule has 0 spiro atoms. The lowest BCUT2D eigenvalue weighted by atomic mass is 10.0. The first-order valence-corrected chi connectivity index (χ1v) is 7.14. The van der Waals surface area contributed by atoms with E-state index in [2.05, 4.69) is 21.8 Å². The summed E-state index contributed by atoms with van der Waals surface area (Å²) >= 11 is 0. The van der Waals surface area contributed by atoms with Gasteiger partial charge in [0, 0.05) is 43.3 Å². The Morgan fingerprint density at radius 3 is 2.36 bits per heavy atom. The minimum absolute atomic E-state index is 0.0191. The second-order valence-electron chi connectivity index (χ2n) is 5.24. The number of hydrogen-bond donors (Lipinski definition) is 0. The molecule has 1 aromatic carbocycles. The molecule has 5 nitrogen and oxygen atoms in total. The number of nitrogens with zero attached hydrogens (tertiary/aromatic N) is 5. The minimum Gasteiger partial charge on any atom is -0.301 e. The predicted molar refractivity (Wildman–Crippen MR) is 77.6 cm³/mol. The molecule has 8 heteroatoms. The highest BCUT2D eigenvalue weighted by atomic mass is 19.4. The van der Waals surface area contributed by atoms with Crippen LogP contribution in [0.1, 0.15) is 18.1 Å². The number of likely N-dealkylation sites (N-methyl/N-ethyl adjacent to an activating group) is 1. The normalized spacial score (nSPS) is 17.3. The Morgan fingerprint density at radius 2 is 1.82 bits per heavy atom. The molecule has 0 N–H and O–H groups in total. The average molecular weight is 313 g/mol. The van der Waals surface area contributed by atoms with Crippen LogP contribution in [-0.2, 0) is 12.7 Å². The summed E-state index contributed by atoms with van der Waals surface area (Å²) in [5.74, 6) is 0. The standard InChI is InChI=1S/C14H18F3N5/c1-2-21-5-7-22(8-6-21)10-11-3-4-12(19-20-18)9-13(11)14(15,16)17/h3-4,9H,2,5-8,10H2,1H3. The van der Waals surface area contributed by atoms with Crippen molar-refractivity contribution in [1.82, 2.24) is 9.80 Å². The molecule has 0 amide bonds. The second kappa shape index (κ2) is 7.00. The molecule has 0 aromatic heterocycles. The third-order valence-electron chi connectivity index (χ3n) is 3.87. The topological polar surface area (TPSA) is 55.2 Å². The molecular weight excluding hydrogens is 295 g/mol. The fraction of sp³-hybridized carbons (Fsp3) is 0.571. The van der Waals surface area contributed by atoms with E-state index in [9.17, 15) is 13.2 Å². The fourth-order valence-corrected chi connectivity index (χ4v) is 2.58. The second-order valence-corrected chi connectivity index (χ2v) is 5.24. The van der Waals surface area contributed by atoms with E-state index in [0.29, 0.717) is 0 Å². The summed E-state index contributed by atoms with van der Waals surface area (Å²) in [6.45, 7) is 6.53. The van der Waals surface area contributed by atoms with E-state index in [4.69, 9.17) is 5.53 Å². The molecule has 0 unspecified atom stereocenters. The molecule has 0 aliphatic carbocycles. The lowest BCUT2D eigenvalue weighted by molar-refractivity contribution is -0.138. The van der Waals surface area contributed by atoms with Gasteiger partial charge in [-0.25, -0.2) is 0 Å². The zero-order chi connectivity index (χ0) is 16.2. The quantitative estimate of drug-likeness (QED) is 0.482. The highest BCUT2D eigenvalue weighted by Gasteiger charge is 2.34. The van der Waals surface area contributed by atoms with Crippen LogP contribution >= 0.6 is 0 Å². The first-order valence-electron chi connectivity index (χ1n) is 7.14. The van der Waals surface area contributed by atoms with Gasteiger partial charge in [-0.2, -0.15) is 13.2 Å². The number of hydrogen-bond acceptors (Lipinski definition) is 3. The van der Waals surface area contributed by atoms with Crippen molar-refractivity contribution in [2.24, 2.45) is 5.11 Å². The van der Waals surface area contributed by atoms with Crippen LogP contribution in [0.5, 0.6) is 0 Å². The van der Waals surface area contributed by atoms with Crippen LogP contribution in [0.15, 0.2) is 23.3 Å². The Kier molecular flexibility index (Phi) is 5.28. The monoisotopic (exact) mass is 313 g/mol. The summed E-state index contributed by atoms with van der Waals surface area (Å²) in [5.41, 5.74) is 7.83. The van der Waals surface area contributed by atoms with Gasteiger partial charge < -0.3 is 4.90 Å². The van der Waals surface area contributed by atoms with Gasteiger partial charge in [0.15, 0.2) is 0 Å². The third-order valence-corrected chi connectivity index (χ3v) is 3.87. The number of alkyl halides is 3. The maximum atomic E-state index is 13.2. The molecule has 1 heterocycles. The first-order chi connectivity index (χ1) is 10.4. The lowest BCUT2D eigenvalue weighted by Crippen LogP contribution is -2.45. The van der Waals surface area contributed by atoms with Crippen LogP contribution < -0.4 is 0 Å². The summed E-state index contributed by atoms with van der Waals surface area (Å²) in [6, 6.07) is 3.74. The molecule has 1 aliphatic heterocycles. The van der Waals surface area contributed by atoms with Crippen molar-refractivity contribution < 1.29 is 13.2 Å². The number of halogens is 3. The Balaban J connectivity index is 2.18. The van der Waals surface area contributed by atoms with Gasteiger partial charge in [0.25, 0.3) is 0 Å². The summed E-state index contributed by atoms with van der Waals surface area (Å²) in [6.07, 6.45) is -4.46. The highest BCUT2D eigenvalue weighted by Crippen LogP contribution is 2.35. The molecule has 0 radical (unpaired) electrons. The van der Waals surface area contributed by atoms with E-state index >= 15 is 0 Å². The zero-order valence-corrected chi connectivity index (χ0v) is 12.3. The lowest BCUT2D eigenvalue weighted by Gasteiger charge is -2.34. The first kappa shape index (κ1) is 16.6. The van der Waals surface area contributed by atoms with Crippen LogP contribution in [0.2, 0.25) is 0 Å².